The van der Waals surface area contributed by atoms with Crippen molar-refractivity contribution in [3.63, 3.8) is 0 Å². The van der Waals surface area contributed by atoms with Crippen molar-refractivity contribution < 1.29 is 18.2 Å². The van der Waals surface area contributed by atoms with Crippen molar-refractivity contribution in [2.45, 2.75) is 12.1 Å². The Kier molecular flexibility index (Phi) is 2.99. The highest BCUT2D eigenvalue weighted by Crippen LogP contribution is 2.07. The largest absolute Gasteiger partial charge is 0.332 e. The molecule has 0 amide bonds. The molecule has 1 heterocycles. The zero-order valence-corrected chi connectivity index (χ0v) is 9.61. The first-order valence-corrected chi connectivity index (χ1v) is 6.46. The van der Waals surface area contributed by atoms with E-state index in [0.29, 0.717) is 11.5 Å². The Morgan fingerprint density at radius 2 is 1.23 bits per heavy atom. The molecule has 0 saturated carbocycles. The molecular weight excluding hydrogens is 188 g/mol. The molecule has 78 valence electrons. The molecule has 1 rings (SSSR count). The van der Waals surface area contributed by atoms with E-state index in [2.05, 4.69) is 0 Å². The predicted molar refractivity (Wildman–Crippen MR) is 51.9 cm³/mol. The molecule has 0 aromatic heterocycles. The normalized spacial score (nSPS) is 33.1. The van der Waals surface area contributed by atoms with Gasteiger partial charge in [-0.25, -0.2) is 8.42 Å². The average Bonchev–Trinajstić information content (AvgIpc) is 2.26. The molecule has 1 saturated heterocycles. The Hall–Kier alpha value is -0.130. The minimum absolute atomic E-state index is 0.259. The standard InChI is InChI=1S/C8H18N2O2S/c1-9(2)7-5-13(11,12)6-8(7)10(3)4/h7-8H,5-6H2,1-4H3/p+2/t7-,8-/m0/s1. The fraction of sp³-hybridized carbons (Fsp3) is 1.00. The van der Waals surface area contributed by atoms with Gasteiger partial charge in [0, 0.05) is 0 Å². The van der Waals surface area contributed by atoms with E-state index >= 15 is 0 Å². The topological polar surface area (TPSA) is 43.0 Å². The maximum absolute atomic E-state index is 11.4. The van der Waals surface area contributed by atoms with E-state index in [4.69, 9.17) is 0 Å². The van der Waals surface area contributed by atoms with E-state index in [1.165, 1.54) is 9.80 Å². The van der Waals surface area contributed by atoms with Crippen molar-refractivity contribution in [2.24, 2.45) is 0 Å². The van der Waals surface area contributed by atoms with Crippen LogP contribution in [0.4, 0.5) is 0 Å². The summed E-state index contributed by atoms with van der Waals surface area (Å²) in [6.45, 7) is 0. The lowest BCUT2D eigenvalue weighted by atomic mass is 10.1. The quantitative estimate of drug-likeness (QED) is 0.493. The van der Waals surface area contributed by atoms with Gasteiger partial charge in [0.1, 0.15) is 11.5 Å². The molecule has 0 unspecified atom stereocenters. The van der Waals surface area contributed by atoms with Crippen LogP contribution in [0.15, 0.2) is 0 Å². The predicted octanol–water partition coefficient (Wildman–Crippen LogP) is -3.56. The third-order valence-electron chi connectivity index (χ3n) is 2.84. The van der Waals surface area contributed by atoms with E-state index in [9.17, 15) is 8.42 Å². The van der Waals surface area contributed by atoms with Crippen LogP contribution in [-0.4, -0.2) is 60.2 Å². The van der Waals surface area contributed by atoms with Crippen molar-refractivity contribution in [1.82, 2.24) is 0 Å². The molecule has 1 aliphatic heterocycles. The first-order valence-electron chi connectivity index (χ1n) is 4.64. The highest BCUT2D eigenvalue weighted by Gasteiger charge is 2.45. The van der Waals surface area contributed by atoms with E-state index in [-0.39, 0.29) is 12.1 Å². The van der Waals surface area contributed by atoms with E-state index in [1.54, 1.807) is 0 Å². The first kappa shape index (κ1) is 10.9. The minimum Gasteiger partial charge on any atom is -0.332 e. The first-order chi connectivity index (χ1) is 5.83. The van der Waals surface area contributed by atoms with E-state index in [1.807, 2.05) is 28.2 Å². The summed E-state index contributed by atoms with van der Waals surface area (Å²) < 4.78 is 22.9. The molecule has 0 aliphatic carbocycles. The van der Waals surface area contributed by atoms with Crippen LogP contribution < -0.4 is 9.80 Å². The van der Waals surface area contributed by atoms with Gasteiger partial charge in [-0.2, -0.15) is 0 Å². The summed E-state index contributed by atoms with van der Waals surface area (Å²) in [4.78, 5) is 2.49. The molecule has 2 atom stereocenters. The number of nitrogens with one attached hydrogen (secondary N) is 2. The summed E-state index contributed by atoms with van der Waals surface area (Å²) >= 11 is 0. The summed E-state index contributed by atoms with van der Waals surface area (Å²) in [5.74, 6) is 0.705. The Bertz CT molecular complexity index is 250. The third kappa shape index (κ3) is 2.42. The Labute approximate surface area is 80.4 Å². The zero-order chi connectivity index (χ0) is 10.2. The van der Waals surface area contributed by atoms with E-state index < -0.39 is 9.84 Å². The second kappa shape index (κ2) is 3.55. The van der Waals surface area contributed by atoms with Crippen LogP contribution in [0, 0.1) is 0 Å². The second-order valence-electron chi connectivity index (χ2n) is 4.44. The van der Waals surface area contributed by atoms with E-state index in [0.717, 1.165) is 0 Å². The second-order valence-corrected chi connectivity index (χ2v) is 6.60. The number of likely N-dealkylation sites (N-methyl/N-ethyl adjacent to an activating group) is 2. The van der Waals surface area contributed by atoms with Crippen LogP contribution in [0.3, 0.4) is 0 Å². The maximum atomic E-state index is 11.4. The summed E-state index contributed by atoms with van der Waals surface area (Å²) in [5, 5.41) is 0. The summed E-state index contributed by atoms with van der Waals surface area (Å²) in [5.41, 5.74) is 0. The van der Waals surface area contributed by atoms with Gasteiger partial charge >= 0.3 is 0 Å². The molecule has 0 radical (unpaired) electrons. The van der Waals surface area contributed by atoms with Gasteiger partial charge in [0.05, 0.1) is 28.2 Å². The smallest absolute Gasteiger partial charge is 0.162 e. The van der Waals surface area contributed by atoms with Crippen molar-refractivity contribution in [3.05, 3.63) is 0 Å². The van der Waals surface area contributed by atoms with Crippen LogP contribution in [0.5, 0.6) is 0 Å². The van der Waals surface area contributed by atoms with Gasteiger partial charge in [0.25, 0.3) is 0 Å². The molecule has 4 nitrogen and oxygen atoms in total. The van der Waals surface area contributed by atoms with Gasteiger partial charge in [-0.3, -0.25) is 0 Å². The number of sulfone groups is 1. The fourth-order valence-corrected chi connectivity index (χ4v) is 4.35. The lowest BCUT2D eigenvalue weighted by Crippen LogP contribution is -3.21. The molecule has 2 N–H and O–H groups in total. The molecule has 0 aromatic carbocycles. The van der Waals surface area contributed by atoms with Crippen LogP contribution in [0.1, 0.15) is 0 Å². The molecule has 1 aliphatic rings. The van der Waals surface area contributed by atoms with Crippen LogP contribution in [-0.2, 0) is 9.84 Å². The molecule has 13 heavy (non-hydrogen) atoms. The number of hydrogen-bond donors (Lipinski definition) is 2. The van der Waals surface area contributed by atoms with Crippen LogP contribution in [0.2, 0.25) is 0 Å². The van der Waals surface area contributed by atoms with Gasteiger partial charge in [-0.15, -0.1) is 0 Å². The molecule has 1 fully saturated rings. The zero-order valence-electron chi connectivity index (χ0n) is 8.79. The maximum Gasteiger partial charge on any atom is 0.162 e. The van der Waals surface area contributed by atoms with Gasteiger partial charge in [0.15, 0.2) is 21.9 Å². The summed E-state index contributed by atoms with van der Waals surface area (Å²) in [7, 11) is 5.34. The lowest BCUT2D eigenvalue weighted by molar-refractivity contribution is -0.953. The molecule has 0 bridgehead atoms. The number of hydrogen-bond acceptors (Lipinski definition) is 2. The van der Waals surface area contributed by atoms with Crippen molar-refractivity contribution in [2.75, 3.05) is 39.7 Å². The highest BCUT2D eigenvalue weighted by atomic mass is 32.2. The SMILES string of the molecule is C[NH+](C)[C@H]1CS(=O)(=O)C[C@@H]1[NH+](C)C. The van der Waals surface area contributed by atoms with Crippen molar-refractivity contribution in [1.29, 1.82) is 0 Å². The lowest BCUT2D eigenvalue weighted by Gasteiger charge is -2.24. The van der Waals surface area contributed by atoms with Crippen molar-refractivity contribution in [3.8, 4) is 0 Å². The van der Waals surface area contributed by atoms with Gasteiger partial charge in [-0.05, 0) is 0 Å². The van der Waals surface area contributed by atoms with Gasteiger partial charge < -0.3 is 9.80 Å². The Balaban J connectivity index is 2.84. The molecular formula is C8H20N2O2S+2. The highest BCUT2D eigenvalue weighted by molar-refractivity contribution is 7.91. The van der Waals surface area contributed by atoms with Crippen LogP contribution >= 0.6 is 0 Å². The van der Waals surface area contributed by atoms with Crippen molar-refractivity contribution >= 4 is 9.84 Å². The monoisotopic (exact) mass is 208 g/mol. The summed E-state index contributed by atoms with van der Waals surface area (Å²) in [6.07, 6.45) is 0. The van der Waals surface area contributed by atoms with Gasteiger partial charge in [0.2, 0.25) is 0 Å². The Morgan fingerprint density at radius 3 is 1.46 bits per heavy atom. The van der Waals surface area contributed by atoms with Gasteiger partial charge in [-0.1, -0.05) is 0 Å². The van der Waals surface area contributed by atoms with Crippen LogP contribution in [0.25, 0.3) is 0 Å². The summed E-state index contributed by atoms with van der Waals surface area (Å²) in [6, 6.07) is 0.519. The molecule has 5 heteroatoms. The molecule has 0 spiro atoms. The number of rotatable bonds is 2. The number of quaternary nitrogens is 2. The fourth-order valence-electron chi connectivity index (χ4n) is 1.99. The minimum atomic E-state index is -2.78. The molecule has 0 aromatic rings. The Morgan fingerprint density at radius 1 is 0.923 bits per heavy atom. The average molecular weight is 208 g/mol. The third-order valence-corrected chi connectivity index (χ3v) is 4.57.